The van der Waals surface area contributed by atoms with Gasteiger partial charge in [0.25, 0.3) is 0 Å². The molecule has 20 heavy (non-hydrogen) atoms. The number of carboxylic acid groups (broad SMARTS) is 1. The van der Waals surface area contributed by atoms with Gasteiger partial charge < -0.3 is 15.4 Å². The number of carboxylic acids is 1. The summed E-state index contributed by atoms with van der Waals surface area (Å²) in [5.74, 6) is -2.07. The molecule has 0 fully saturated rings. The Labute approximate surface area is 116 Å². The number of aryl methyl sites for hydroxylation is 1. The molecule has 1 rings (SSSR count). The number of primary amides is 1. The van der Waals surface area contributed by atoms with Crippen LogP contribution in [0.1, 0.15) is 31.3 Å². The fraction of sp³-hybridized carbons (Fsp3) is 0.455. The molecular formula is C11H17N3O5S. The van der Waals surface area contributed by atoms with Crippen LogP contribution in [0.15, 0.2) is 17.2 Å². The largest absolute Gasteiger partial charge is 0.477 e. The minimum Gasteiger partial charge on any atom is -0.477 e. The number of nitrogens with zero attached hydrogens (tertiary/aromatic N) is 1. The molecule has 0 radical (unpaired) electrons. The lowest BCUT2D eigenvalue weighted by atomic mass is 10.1. The summed E-state index contributed by atoms with van der Waals surface area (Å²) in [7, 11) is -4.04. The number of carbonyl (C=O) groups is 2. The van der Waals surface area contributed by atoms with Gasteiger partial charge in [0.15, 0.2) is 0 Å². The molecule has 9 heteroatoms. The van der Waals surface area contributed by atoms with Gasteiger partial charge in [0, 0.05) is 12.7 Å². The van der Waals surface area contributed by atoms with Crippen LogP contribution < -0.4 is 10.5 Å². The first-order chi connectivity index (χ1) is 9.01. The fourth-order valence-electron chi connectivity index (χ4n) is 1.52. The van der Waals surface area contributed by atoms with Crippen molar-refractivity contribution in [2.75, 3.05) is 0 Å². The highest BCUT2D eigenvalue weighted by molar-refractivity contribution is 7.89. The second-order valence-corrected chi connectivity index (χ2v) is 6.43. The summed E-state index contributed by atoms with van der Waals surface area (Å²) in [6.07, 6.45) is 1.20. The Kier molecular flexibility index (Phi) is 4.25. The predicted octanol–water partition coefficient (Wildman–Crippen LogP) is -0.252. The van der Waals surface area contributed by atoms with Crippen LogP contribution in [0.5, 0.6) is 0 Å². The van der Waals surface area contributed by atoms with Crippen LogP contribution in [-0.2, 0) is 21.4 Å². The van der Waals surface area contributed by atoms with Crippen LogP contribution in [0.4, 0.5) is 0 Å². The van der Waals surface area contributed by atoms with Crippen molar-refractivity contribution in [3.63, 3.8) is 0 Å². The molecule has 0 saturated carbocycles. The number of hydrogen-bond donors (Lipinski definition) is 3. The number of hydrogen-bond acceptors (Lipinski definition) is 4. The Morgan fingerprint density at radius 3 is 2.35 bits per heavy atom. The van der Waals surface area contributed by atoms with E-state index < -0.39 is 27.4 Å². The molecule has 0 atom stereocenters. The molecular weight excluding hydrogens is 286 g/mol. The Morgan fingerprint density at radius 2 is 2.00 bits per heavy atom. The van der Waals surface area contributed by atoms with E-state index in [-0.39, 0.29) is 10.6 Å². The van der Waals surface area contributed by atoms with Crippen LogP contribution in [-0.4, -0.2) is 35.5 Å². The zero-order valence-corrected chi connectivity index (χ0v) is 12.2. The quantitative estimate of drug-likeness (QED) is 0.666. The Balaban J connectivity index is 3.24. The first-order valence-electron chi connectivity index (χ1n) is 5.78. The van der Waals surface area contributed by atoms with E-state index in [1.807, 2.05) is 0 Å². The molecule has 4 N–H and O–H groups in total. The Bertz CT molecular complexity index is 645. The molecule has 0 unspecified atom stereocenters. The van der Waals surface area contributed by atoms with Gasteiger partial charge in [0.2, 0.25) is 15.9 Å². The molecule has 0 aliphatic heterocycles. The number of nitrogens with one attached hydrogen (secondary N) is 1. The number of amides is 1. The molecule has 1 aromatic rings. The average molecular weight is 303 g/mol. The van der Waals surface area contributed by atoms with Crippen molar-refractivity contribution in [3.05, 3.63) is 18.0 Å². The SMILES string of the molecule is CCn1cc(S(=O)(=O)NC(C)(C)C(N)=O)cc1C(=O)O. The van der Waals surface area contributed by atoms with Crippen LogP contribution >= 0.6 is 0 Å². The van der Waals surface area contributed by atoms with E-state index >= 15 is 0 Å². The third kappa shape index (κ3) is 3.17. The molecule has 112 valence electrons. The van der Waals surface area contributed by atoms with Crippen LogP contribution in [0.2, 0.25) is 0 Å². The highest BCUT2D eigenvalue weighted by Crippen LogP contribution is 2.17. The van der Waals surface area contributed by atoms with Gasteiger partial charge in [-0.05, 0) is 26.8 Å². The second kappa shape index (κ2) is 5.25. The number of carbonyl (C=O) groups excluding carboxylic acids is 1. The molecule has 1 heterocycles. The van der Waals surface area contributed by atoms with E-state index in [2.05, 4.69) is 4.72 Å². The molecule has 0 saturated heterocycles. The molecule has 8 nitrogen and oxygen atoms in total. The zero-order valence-electron chi connectivity index (χ0n) is 11.4. The maximum absolute atomic E-state index is 12.1. The van der Waals surface area contributed by atoms with E-state index in [1.165, 1.54) is 24.6 Å². The minimum atomic E-state index is -4.04. The first-order valence-corrected chi connectivity index (χ1v) is 7.27. The van der Waals surface area contributed by atoms with Gasteiger partial charge in [0.1, 0.15) is 16.1 Å². The monoisotopic (exact) mass is 303 g/mol. The van der Waals surface area contributed by atoms with Crippen molar-refractivity contribution < 1.29 is 23.1 Å². The van der Waals surface area contributed by atoms with Crippen LogP contribution in [0.3, 0.4) is 0 Å². The van der Waals surface area contributed by atoms with Crippen molar-refractivity contribution in [1.82, 2.24) is 9.29 Å². The summed E-state index contributed by atoms with van der Waals surface area (Å²) in [6, 6.07) is 1.03. The Hall–Kier alpha value is -1.87. The van der Waals surface area contributed by atoms with Gasteiger partial charge in [-0.1, -0.05) is 0 Å². The van der Waals surface area contributed by atoms with E-state index in [4.69, 9.17) is 10.8 Å². The molecule has 0 bridgehead atoms. The van der Waals surface area contributed by atoms with Gasteiger partial charge in [0.05, 0.1) is 0 Å². The summed E-state index contributed by atoms with van der Waals surface area (Å²) >= 11 is 0. The number of aromatic carboxylic acids is 1. The van der Waals surface area contributed by atoms with Gasteiger partial charge >= 0.3 is 5.97 Å². The average Bonchev–Trinajstić information content (AvgIpc) is 2.71. The minimum absolute atomic E-state index is 0.148. The highest BCUT2D eigenvalue weighted by atomic mass is 32.2. The number of rotatable bonds is 6. The molecule has 0 aliphatic carbocycles. The van der Waals surface area contributed by atoms with Crippen LogP contribution in [0.25, 0.3) is 0 Å². The van der Waals surface area contributed by atoms with Gasteiger partial charge in [-0.3, -0.25) is 4.79 Å². The zero-order chi connectivity index (χ0) is 15.7. The molecule has 0 aliphatic rings. The topological polar surface area (TPSA) is 131 Å². The van der Waals surface area contributed by atoms with E-state index in [1.54, 1.807) is 6.92 Å². The fourth-order valence-corrected chi connectivity index (χ4v) is 2.94. The second-order valence-electron chi connectivity index (χ2n) is 4.75. The third-order valence-corrected chi connectivity index (χ3v) is 4.37. The maximum atomic E-state index is 12.1. The molecule has 0 aromatic carbocycles. The van der Waals surface area contributed by atoms with Gasteiger partial charge in [-0.15, -0.1) is 0 Å². The lowest BCUT2D eigenvalue weighted by Crippen LogP contribution is -2.52. The summed E-state index contributed by atoms with van der Waals surface area (Å²) in [4.78, 5) is 21.9. The van der Waals surface area contributed by atoms with Crippen LogP contribution in [0, 0.1) is 0 Å². The predicted molar refractivity (Wildman–Crippen MR) is 70.7 cm³/mol. The summed E-state index contributed by atoms with van der Waals surface area (Å²) in [6.45, 7) is 4.63. The van der Waals surface area contributed by atoms with E-state index in [0.29, 0.717) is 6.54 Å². The summed E-state index contributed by atoms with van der Waals surface area (Å²) < 4.78 is 27.7. The number of nitrogens with two attached hydrogens (primary N) is 1. The van der Waals surface area contributed by atoms with Crippen molar-refractivity contribution in [1.29, 1.82) is 0 Å². The Morgan fingerprint density at radius 1 is 1.45 bits per heavy atom. The first kappa shape index (κ1) is 16.2. The smallest absolute Gasteiger partial charge is 0.352 e. The van der Waals surface area contributed by atoms with E-state index in [9.17, 15) is 18.0 Å². The van der Waals surface area contributed by atoms with Crippen molar-refractivity contribution in [3.8, 4) is 0 Å². The molecule has 1 amide bonds. The normalized spacial score (nSPS) is 12.3. The number of sulfonamides is 1. The summed E-state index contributed by atoms with van der Waals surface area (Å²) in [5.41, 5.74) is 3.48. The lowest BCUT2D eigenvalue weighted by molar-refractivity contribution is -0.122. The van der Waals surface area contributed by atoms with Crippen molar-refractivity contribution in [2.45, 2.75) is 37.8 Å². The lowest BCUT2D eigenvalue weighted by Gasteiger charge is -2.21. The highest BCUT2D eigenvalue weighted by Gasteiger charge is 2.32. The summed E-state index contributed by atoms with van der Waals surface area (Å²) in [5, 5.41) is 8.99. The van der Waals surface area contributed by atoms with E-state index in [0.717, 1.165) is 6.07 Å². The van der Waals surface area contributed by atoms with Crippen molar-refractivity contribution in [2.24, 2.45) is 5.73 Å². The van der Waals surface area contributed by atoms with Gasteiger partial charge in [-0.2, -0.15) is 4.72 Å². The van der Waals surface area contributed by atoms with Crippen molar-refractivity contribution >= 4 is 21.9 Å². The molecule has 0 spiro atoms. The standard InChI is InChI=1S/C11H17N3O5S/c1-4-14-6-7(5-8(14)9(15)16)20(18,19)13-11(2,3)10(12)17/h5-6,13H,4H2,1-3H3,(H2,12,17)(H,15,16). The third-order valence-electron chi connectivity index (χ3n) is 2.75. The number of aromatic nitrogens is 1. The maximum Gasteiger partial charge on any atom is 0.352 e. The molecule has 1 aromatic heterocycles. The van der Waals surface area contributed by atoms with Gasteiger partial charge in [-0.25, -0.2) is 13.2 Å².